The van der Waals surface area contributed by atoms with Crippen LogP contribution >= 0.6 is 0 Å². The highest BCUT2D eigenvalue weighted by Crippen LogP contribution is 2.28. The van der Waals surface area contributed by atoms with Gasteiger partial charge in [0, 0.05) is 53.4 Å². The molecule has 24 heavy (non-hydrogen) atoms. The molecule has 0 aromatic carbocycles. The second-order valence-electron chi connectivity index (χ2n) is 7.44. The standard InChI is InChI=1S/C17H30N6O/c1-13-11-22(14-5-6-14)7-8-23(12-13)17(24)19-10-15-9-18-16(20(2)3)21(15)4/h9,13-14H,5-8,10-12H2,1-4H3,(H,19,24). The summed E-state index contributed by atoms with van der Waals surface area (Å²) >= 11 is 0. The lowest BCUT2D eigenvalue weighted by atomic mass is 10.1. The number of carbonyl (C=O) groups excluding carboxylic acids is 1. The minimum absolute atomic E-state index is 0.0344. The first-order valence-electron chi connectivity index (χ1n) is 8.90. The molecule has 1 unspecified atom stereocenters. The van der Waals surface area contributed by atoms with Gasteiger partial charge >= 0.3 is 6.03 Å². The lowest BCUT2D eigenvalue weighted by molar-refractivity contribution is 0.194. The number of hydrogen-bond donors (Lipinski definition) is 1. The quantitative estimate of drug-likeness (QED) is 0.896. The molecule has 2 amide bonds. The number of rotatable bonds is 4. The molecule has 1 saturated carbocycles. The predicted octanol–water partition coefficient (Wildman–Crippen LogP) is 1.11. The van der Waals surface area contributed by atoms with E-state index in [-0.39, 0.29) is 6.03 Å². The summed E-state index contributed by atoms with van der Waals surface area (Å²) in [5.41, 5.74) is 1.01. The Morgan fingerprint density at radius 2 is 2.08 bits per heavy atom. The van der Waals surface area contributed by atoms with Gasteiger partial charge in [0.05, 0.1) is 18.4 Å². The number of imidazole rings is 1. The highest BCUT2D eigenvalue weighted by molar-refractivity contribution is 5.74. The van der Waals surface area contributed by atoms with Crippen molar-refractivity contribution in [2.45, 2.75) is 32.4 Å². The molecule has 0 spiro atoms. The monoisotopic (exact) mass is 334 g/mol. The van der Waals surface area contributed by atoms with E-state index in [4.69, 9.17) is 0 Å². The van der Waals surface area contributed by atoms with Gasteiger partial charge in [0.15, 0.2) is 0 Å². The van der Waals surface area contributed by atoms with Crippen molar-refractivity contribution >= 4 is 12.0 Å². The highest BCUT2D eigenvalue weighted by Gasteiger charge is 2.32. The first kappa shape index (κ1) is 17.1. The molecule has 1 atom stereocenters. The predicted molar refractivity (Wildman–Crippen MR) is 95.1 cm³/mol. The Labute approximate surface area is 144 Å². The molecule has 1 saturated heterocycles. The zero-order valence-corrected chi connectivity index (χ0v) is 15.3. The number of aromatic nitrogens is 2. The third kappa shape index (κ3) is 3.83. The molecule has 7 heteroatoms. The van der Waals surface area contributed by atoms with Crippen LogP contribution in [-0.4, -0.2) is 71.7 Å². The first-order chi connectivity index (χ1) is 11.5. The fourth-order valence-electron chi connectivity index (χ4n) is 3.51. The Morgan fingerprint density at radius 1 is 1.33 bits per heavy atom. The molecule has 7 nitrogen and oxygen atoms in total. The van der Waals surface area contributed by atoms with Gasteiger partial charge in [-0.1, -0.05) is 6.92 Å². The van der Waals surface area contributed by atoms with Crippen LogP contribution in [0.5, 0.6) is 0 Å². The normalized spacial score (nSPS) is 22.3. The average Bonchev–Trinajstić information content (AvgIpc) is 3.32. The van der Waals surface area contributed by atoms with Crippen molar-refractivity contribution in [2.24, 2.45) is 13.0 Å². The second-order valence-corrected chi connectivity index (χ2v) is 7.44. The zero-order chi connectivity index (χ0) is 17.3. The largest absolute Gasteiger partial charge is 0.348 e. The van der Waals surface area contributed by atoms with Gasteiger partial charge in [-0.25, -0.2) is 9.78 Å². The van der Waals surface area contributed by atoms with Crippen molar-refractivity contribution in [3.8, 4) is 0 Å². The number of nitrogens with one attached hydrogen (secondary N) is 1. The molecule has 3 rings (SSSR count). The van der Waals surface area contributed by atoms with E-state index in [1.54, 1.807) is 0 Å². The molecule has 0 radical (unpaired) electrons. The summed E-state index contributed by atoms with van der Waals surface area (Å²) in [6.45, 7) is 6.52. The molecular weight excluding hydrogens is 304 g/mol. The topological polar surface area (TPSA) is 56.6 Å². The van der Waals surface area contributed by atoms with E-state index in [1.807, 2.05) is 41.7 Å². The summed E-state index contributed by atoms with van der Waals surface area (Å²) in [6, 6.07) is 0.807. The number of carbonyl (C=O) groups is 1. The number of hydrogen-bond acceptors (Lipinski definition) is 4. The molecular formula is C17H30N6O. The number of anilines is 1. The van der Waals surface area contributed by atoms with Gasteiger partial charge in [-0.2, -0.15) is 0 Å². The summed E-state index contributed by atoms with van der Waals surface area (Å²) in [5.74, 6) is 1.42. The van der Waals surface area contributed by atoms with Gasteiger partial charge in [0.25, 0.3) is 0 Å². The summed E-state index contributed by atoms with van der Waals surface area (Å²) < 4.78 is 2.01. The smallest absolute Gasteiger partial charge is 0.317 e. The fourth-order valence-corrected chi connectivity index (χ4v) is 3.51. The Bertz CT molecular complexity index is 580. The van der Waals surface area contributed by atoms with Crippen LogP contribution in [0.2, 0.25) is 0 Å². The zero-order valence-electron chi connectivity index (χ0n) is 15.3. The van der Waals surface area contributed by atoms with E-state index in [0.29, 0.717) is 12.5 Å². The Kier molecular flexibility index (Phi) is 4.99. The van der Waals surface area contributed by atoms with Crippen molar-refractivity contribution < 1.29 is 4.79 Å². The molecule has 0 bridgehead atoms. The van der Waals surface area contributed by atoms with Gasteiger partial charge in [0.1, 0.15) is 0 Å². The van der Waals surface area contributed by atoms with E-state index in [2.05, 4.69) is 22.1 Å². The van der Waals surface area contributed by atoms with Gasteiger partial charge in [0.2, 0.25) is 5.95 Å². The van der Waals surface area contributed by atoms with Crippen LogP contribution in [0.4, 0.5) is 10.7 Å². The summed E-state index contributed by atoms with van der Waals surface area (Å²) in [5, 5.41) is 3.06. The van der Waals surface area contributed by atoms with Crippen LogP contribution < -0.4 is 10.2 Å². The van der Waals surface area contributed by atoms with E-state index in [0.717, 1.165) is 43.9 Å². The third-order valence-electron chi connectivity index (χ3n) is 4.97. The van der Waals surface area contributed by atoms with Crippen molar-refractivity contribution in [1.82, 2.24) is 24.7 Å². The summed E-state index contributed by atoms with van der Waals surface area (Å²) in [7, 11) is 5.91. The van der Waals surface area contributed by atoms with E-state index < -0.39 is 0 Å². The van der Waals surface area contributed by atoms with E-state index in [9.17, 15) is 4.79 Å². The molecule has 1 aromatic rings. The maximum absolute atomic E-state index is 12.6. The van der Waals surface area contributed by atoms with Gasteiger partial charge in [-0.15, -0.1) is 0 Å². The summed E-state index contributed by atoms with van der Waals surface area (Å²) in [6.07, 6.45) is 4.48. The van der Waals surface area contributed by atoms with E-state index in [1.165, 1.54) is 12.8 Å². The maximum atomic E-state index is 12.6. The Morgan fingerprint density at radius 3 is 2.71 bits per heavy atom. The first-order valence-corrected chi connectivity index (χ1v) is 8.90. The molecule has 1 aliphatic carbocycles. The minimum Gasteiger partial charge on any atom is -0.348 e. The van der Waals surface area contributed by atoms with Crippen LogP contribution in [0.3, 0.4) is 0 Å². The number of urea groups is 1. The number of amides is 2. The van der Waals surface area contributed by atoms with Gasteiger partial charge < -0.3 is 19.7 Å². The molecule has 1 aliphatic heterocycles. The highest BCUT2D eigenvalue weighted by atomic mass is 16.2. The van der Waals surface area contributed by atoms with Crippen LogP contribution in [-0.2, 0) is 13.6 Å². The van der Waals surface area contributed by atoms with Gasteiger partial charge in [-0.05, 0) is 18.8 Å². The van der Waals surface area contributed by atoms with Gasteiger partial charge in [-0.3, -0.25) is 4.90 Å². The molecule has 2 fully saturated rings. The SMILES string of the molecule is CC1CN(C(=O)NCc2cnc(N(C)C)n2C)CCN(C2CC2)C1. The summed E-state index contributed by atoms with van der Waals surface area (Å²) in [4.78, 5) is 23.4. The van der Waals surface area contributed by atoms with Crippen molar-refractivity contribution in [3.05, 3.63) is 11.9 Å². The van der Waals surface area contributed by atoms with Crippen LogP contribution in [0, 0.1) is 5.92 Å². The minimum atomic E-state index is 0.0344. The van der Waals surface area contributed by atoms with Crippen molar-refractivity contribution in [3.63, 3.8) is 0 Å². The van der Waals surface area contributed by atoms with Crippen LogP contribution in [0.15, 0.2) is 6.20 Å². The Hall–Kier alpha value is -1.76. The molecule has 2 aliphatic rings. The lowest BCUT2D eigenvalue weighted by Gasteiger charge is -2.22. The number of nitrogens with zero attached hydrogens (tertiary/aromatic N) is 5. The maximum Gasteiger partial charge on any atom is 0.317 e. The molecule has 1 N–H and O–H groups in total. The average molecular weight is 334 g/mol. The lowest BCUT2D eigenvalue weighted by Crippen LogP contribution is -2.42. The Balaban J connectivity index is 1.54. The van der Waals surface area contributed by atoms with Crippen LogP contribution in [0.25, 0.3) is 0 Å². The third-order valence-corrected chi connectivity index (χ3v) is 4.97. The van der Waals surface area contributed by atoms with Crippen LogP contribution in [0.1, 0.15) is 25.5 Å². The van der Waals surface area contributed by atoms with Crippen molar-refractivity contribution in [2.75, 3.05) is 45.2 Å². The van der Waals surface area contributed by atoms with Crippen molar-refractivity contribution in [1.29, 1.82) is 0 Å². The molecule has 2 heterocycles. The van der Waals surface area contributed by atoms with E-state index >= 15 is 0 Å². The fraction of sp³-hybridized carbons (Fsp3) is 0.765. The molecule has 134 valence electrons. The second kappa shape index (κ2) is 7.01. The molecule has 1 aromatic heterocycles.